The summed E-state index contributed by atoms with van der Waals surface area (Å²) in [7, 11) is 0. The average Bonchev–Trinajstić information content (AvgIpc) is 2.46. The number of nitrogens with zero attached hydrogens (tertiary/aromatic N) is 1. The Balaban J connectivity index is 2.01. The van der Waals surface area contributed by atoms with Gasteiger partial charge in [-0.05, 0) is 29.8 Å². The van der Waals surface area contributed by atoms with Gasteiger partial charge in [-0.1, -0.05) is 12.1 Å². The van der Waals surface area contributed by atoms with Crippen LogP contribution in [0, 0.1) is 0 Å². The molecule has 0 fully saturated rings. The standard InChI is InChI=1S/C14H12N2O3/c17-13(12-5-2-6-15-9-12)16-8-10-3-1-4-11(7-10)14(18)19/h1-7,9H,8H2,(H,16,17)(H,18,19). The van der Waals surface area contributed by atoms with Gasteiger partial charge < -0.3 is 10.4 Å². The SMILES string of the molecule is O=C(O)c1cccc(CNC(=O)c2cccnc2)c1. The molecule has 19 heavy (non-hydrogen) atoms. The van der Waals surface area contributed by atoms with Crippen LogP contribution in [0.15, 0.2) is 48.8 Å². The van der Waals surface area contributed by atoms with E-state index in [4.69, 9.17) is 5.11 Å². The van der Waals surface area contributed by atoms with E-state index in [0.29, 0.717) is 5.56 Å². The van der Waals surface area contributed by atoms with Crippen molar-refractivity contribution >= 4 is 11.9 Å². The molecule has 0 radical (unpaired) electrons. The highest BCUT2D eigenvalue weighted by molar-refractivity contribution is 5.93. The second-order valence-corrected chi connectivity index (χ2v) is 3.93. The molecule has 5 heteroatoms. The second-order valence-electron chi connectivity index (χ2n) is 3.93. The van der Waals surface area contributed by atoms with Gasteiger partial charge in [-0.15, -0.1) is 0 Å². The molecule has 0 saturated carbocycles. The molecule has 0 saturated heterocycles. The van der Waals surface area contributed by atoms with Crippen LogP contribution in [0.1, 0.15) is 26.3 Å². The predicted molar refractivity (Wildman–Crippen MR) is 68.8 cm³/mol. The Bertz CT molecular complexity index is 597. The molecule has 0 atom stereocenters. The minimum Gasteiger partial charge on any atom is -0.478 e. The molecule has 0 spiro atoms. The van der Waals surface area contributed by atoms with Crippen LogP contribution in [0.4, 0.5) is 0 Å². The number of nitrogens with one attached hydrogen (secondary N) is 1. The van der Waals surface area contributed by atoms with Crippen LogP contribution in [-0.2, 0) is 6.54 Å². The molecule has 5 nitrogen and oxygen atoms in total. The van der Waals surface area contributed by atoms with E-state index in [9.17, 15) is 9.59 Å². The lowest BCUT2D eigenvalue weighted by atomic mass is 10.1. The summed E-state index contributed by atoms with van der Waals surface area (Å²) in [6.45, 7) is 0.273. The van der Waals surface area contributed by atoms with E-state index < -0.39 is 5.97 Å². The highest BCUT2D eigenvalue weighted by atomic mass is 16.4. The summed E-state index contributed by atoms with van der Waals surface area (Å²) < 4.78 is 0. The molecule has 96 valence electrons. The summed E-state index contributed by atoms with van der Waals surface area (Å²) in [5.41, 5.74) is 1.40. The van der Waals surface area contributed by atoms with Gasteiger partial charge in [-0.2, -0.15) is 0 Å². The fourth-order valence-corrected chi connectivity index (χ4v) is 1.60. The first kappa shape index (κ1) is 12.8. The molecule has 0 unspecified atom stereocenters. The van der Waals surface area contributed by atoms with E-state index in [0.717, 1.165) is 5.56 Å². The number of carboxylic acid groups (broad SMARTS) is 1. The summed E-state index contributed by atoms with van der Waals surface area (Å²) in [4.78, 5) is 26.4. The molecular formula is C14H12N2O3. The lowest BCUT2D eigenvalue weighted by Gasteiger charge is -2.05. The van der Waals surface area contributed by atoms with Crippen molar-refractivity contribution in [3.8, 4) is 0 Å². The summed E-state index contributed by atoms with van der Waals surface area (Å²) in [6, 6.07) is 9.79. The molecule has 0 aliphatic carbocycles. The third kappa shape index (κ3) is 3.38. The zero-order valence-corrected chi connectivity index (χ0v) is 10.0. The van der Waals surface area contributed by atoms with Gasteiger partial charge in [0, 0.05) is 18.9 Å². The highest BCUT2D eigenvalue weighted by Gasteiger charge is 2.06. The van der Waals surface area contributed by atoms with Crippen molar-refractivity contribution < 1.29 is 14.7 Å². The predicted octanol–water partition coefficient (Wildman–Crippen LogP) is 1.71. The van der Waals surface area contributed by atoms with Crippen molar-refractivity contribution in [3.63, 3.8) is 0 Å². The van der Waals surface area contributed by atoms with Crippen molar-refractivity contribution in [2.24, 2.45) is 0 Å². The quantitative estimate of drug-likeness (QED) is 0.872. The molecule has 1 amide bonds. The number of aromatic nitrogens is 1. The van der Waals surface area contributed by atoms with Crippen molar-refractivity contribution in [1.29, 1.82) is 0 Å². The van der Waals surface area contributed by atoms with E-state index in [1.807, 2.05) is 0 Å². The number of benzene rings is 1. The molecule has 1 heterocycles. The number of carbonyl (C=O) groups excluding carboxylic acids is 1. The van der Waals surface area contributed by atoms with Crippen LogP contribution in [0.25, 0.3) is 0 Å². The number of carboxylic acids is 1. The van der Waals surface area contributed by atoms with Crippen LogP contribution < -0.4 is 5.32 Å². The van der Waals surface area contributed by atoms with Crippen LogP contribution in [-0.4, -0.2) is 22.0 Å². The fourth-order valence-electron chi connectivity index (χ4n) is 1.60. The zero-order valence-electron chi connectivity index (χ0n) is 10.0. The largest absolute Gasteiger partial charge is 0.478 e. The number of aromatic carboxylic acids is 1. The summed E-state index contributed by atoms with van der Waals surface area (Å²) in [5, 5.41) is 11.6. The van der Waals surface area contributed by atoms with Crippen molar-refractivity contribution in [2.75, 3.05) is 0 Å². The Morgan fingerprint density at radius 1 is 1.16 bits per heavy atom. The minimum atomic E-state index is -0.986. The van der Waals surface area contributed by atoms with Gasteiger partial charge in [0.25, 0.3) is 5.91 Å². The monoisotopic (exact) mass is 256 g/mol. The van der Waals surface area contributed by atoms with Gasteiger partial charge in [0.2, 0.25) is 0 Å². The normalized spacial score (nSPS) is 9.89. The average molecular weight is 256 g/mol. The number of hydrogen-bond donors (Lipinski definition) is 2. The Kier molecular flexibility index (Phi) is 3.87. The first-order valence-electron chi connectivity index (χ1n) is 5.67. The van der Waals surface area contributed by atoms with Gasteiger partial charge in [0.05, 0.1) is 11.1 Å². The first-order valence-corrected chi connectivity index (χ1v) is 5.67. The number of hydrogen-bond acceptors (Lipinski definition) is 3. The van der Waals surface area contributed by atoms with Gasteiger partial charge in [-0.25, -0.2) is 4.79 Å². The van der Waals surface area contributed by atoms with Crippen molar-refractivity contribution in [3.05, 3.63) is 65.5 Å². The number of rotatable bonds is 4. The van der Waals surface area contributed by atoms with Crippen LogP contribution in [0.3, 0.4) is 0 Å². The van der Waals surface area contributed by atoms with Crippen molar-refractivity contribution in [2.45, 2.75) is 6.54 Å². The third-order valence-electron chi connectivity index (χ3n) is 2.55. The van der Waals surface area contributed by atoms with E-state index in [1.165, 1.54) is 18.3 Å². The van der Waals surface area contributed by atoms with Crippen LogP contribution in [0.2, 0.25) is 0 Å². The molecule has 2 aromatic rings. The van der Waals surface area contributed by atoms with E-state index in [2.05, 4.69) is 10.3 Å². The van der Waals surface area contributed by atoms with Crippen LogP contribution in [0.5, 0.6) is 0 Å². The molecule has 1 aromatic carbocycles. The Labute approximate surface area is 109 Å². The van der Waals surface area contributed by atoms with Gasteiger partial charge in [0.1, 0.15) is 0 Å². The molecule has 0 aliphatic heterocycles. The van der Waals surface area contributed by atoms with E-state index in [-0.39, 0.29) is 18.0 Å². The minimum absolute atomic E-state index is 0.202. The van der Waals surface area contributed by atoms with Crippen molar-refractivity contribution in [1.82, 2.24) is 10.3 Å². The van der Waals surface area contributed by atoms with E-state index >= 15 is 0 Å². The fraction of sp³-hybridized carbons (Fsp3) is 0.0714. The molecule has 2 N–H and O–H groups in total. The molecule has 1 aromatic heterocycles. The summed E-state index contributed by atoms with van der Waals surface area (Å²) in [5.74, 6) is -1.23. The number of amides is 1. The Morgan fingerprint density at radius 2 is 1.95 bits per heavy atom. The maximum Gasteiger partial charge on any atom is 0.335 e. The lowest BCUT2D eigenvalue weighted by molar-refractivity contribution is 0.0696. The van der Waals surface area contributed by atoms with E-state index in [1.54, 1.807) is 30.5 Å². The smallest absolute Gasteiger partial charge is 0.335 e. The van der Waals surface area contributed by atoms with Gasteiger partial charge >= 0.3 is 5.97 Å². The maximum absolute atomic E-state index is 11.8. The van der Waals surface area contributed by atoms with Crippen LogP contribution >= 0.6 is 0 Å². The Morgan fingerprint density at radius 3 is 2.63 bits per heavy atom. The highest BCUT2D eigenvalue weighted by Crippen LogP contribution is 2.05. The third-order valence-corrected chi connectivity index (χ3v) is 2.55. The lowest BCUT2D eigenvalue weighted by Crippen LogP contribution is -2.22. The topological polar surface area (TPSA) is 79.3 Å². The molecular weight excluding hydrogens is 244 g/mol. The number of carbonyl (C=O) groups is 2. The Hall–Kier alpha value is -2.69. The van der Waals surface area contributed by atoms with Gasteiger partial charge in [0.15, 0.2) is 0 Å². The zero-order chi connectivity index (χ0) is 13.7. The maximum atomic E-state index is 11.8. The van der Waals surface area contributed by atoms with Gasteiger partial charge in [-0.3, -0.25) is 9.78 Å². The first-order chi connectivity index (χ1) is 9.16. The summed E-state index contributed by atoms with van der Waals surface area (Å²) in [6.07, 6.45) is 3.07. The number of pyridine rings is 1. The molecule has 0 bridgehead atoms. The summed E-state index contributed by atoms with van der Waals surface area (Å²) >= 11 is 0. The molecule has 2 rings (SSSR count). The molecule has 0 aliphatic rings. The second kappa shape index (κ2) is 5.77.